The average Bonchev–Trinajstić information content (AvgIpc) is 2.98. The fourth-order valence-corrected chi connectivity index (χ4v) is 4.70. The highest BCUT2D eigenvalue weighted by Crippen LogP contribution is 2.32. The molecule has 0 saturated carbocycles. The smallest absolute Gasteiger partial charge is 0.242 e. The summed E-state index contributed by atoms with van der Waals surface area (Å²) in [4.78, 5) is 31.1. The molecule has 1 heterocycles. The van der Waals surface area contributed by atoms with E-state index in [0.29, 0.717) is 16.5 Å². The standard InChI is InChI=1S/C20H19BrN4O4S2/c1-2-11-25-19(27)17(12-18(26)23-14-5-3-13(21)4-6-14)30-20(25)24-15-7-9-16(10-8-15)31(22,28)29/h2-10,17H,1,11-12H2,(H,23,26)(H2,22,28,29)/t17-/m0/s1. The number of amides is 2. The zero-order valence-electron chi connectivity index (χ0n) is 16.2. The second-order valence-electron chi connectivity index (χ2n) is 6.54. The van der Waals surface area contributed by atoms with Gasteiger partial charge in [0.25, 0.3) is 0 Å². The normalized spacial score (nSPS) is 17.7. The van der Waals surface area contributed by atoms with Crippen LogP contribution in [0.3, 0.4) is 0 Å². The number of nitrogens with two attached hydrogens (primary N) is 1. The number of hydrogen-bond donors (Lipinski definition) is 2. The summed E-state index contributed by atoms with van der Waals surface area (Å²) in [5, 5.41) is 7.67. The zero-order valence-corrected chi connectivity index (χ0v) is 19.4. The lowest BCUT2D eigenvalue weighted by Gasteiger charge is -2.13. The summed E-state index contributed by atoms with van der Waals surface area (Å²) in [7, 11) is -3.80. The van der Waals surface area contributed by atoms with Crippen LogP contribution < -0.4 is 10.5 Å². The maximum Gasteiger partial charge on any atom is 0.242 e. The van der Waals surface area contributed by atoms with E-state index in [2.05, 4.69) is 32.8 Å². The third-order valence-electron chi connectivity index (χ3n) is 4.22. The van der Waals surface area contributed by atoms with Gasteiger partial charge in [0.15, 0.2) is 5.17 Å². The van der Waals surface area contributed by atoms with E-state index in [0.717, 1.165) is 4.47 Å². The van der Waals surface area contributed by atoms with E-state index in [4.69, 9.17) is 5.14 Å². The molecule has 8 nitrogen and oxygen atoms in total. The maximum absolute atomic E-state index is 12.8. The number of benzene rings is 2. The van der Waals surface area contributed by atoms with E-state index in [-0.39, 0.29) is 29.7 Å². The lowest BCUT2D eigenvalue weighted by molar-refractivity contribution is -0.127. The molecule has 1 atom stereocenters. The summed E-state index contributed by atoms with van der Waals surface area (Å²) in [6.07, 6.45) is 1.55. The Bertz CT molecular complexity index is 1130. The van der Waals surface area contributed by atoms with E-state index in [1.807, 2.05) is 12.1 Å². The molecule has 0 aliphatic carbocycles. The molecule has 1 aliphatic rings. The van der Waals surface area contributed by atoms with Crippen LogP contribution in [-0.4, -0.2) is 42.1 Å². The maximum atomic E-state index is 12.8. The van der Waals surface area contributed by atoms with Gasteiger partial charge >= 0.3 is 0 Å². The SMILES string of the molecule is C=CCN1C(=O)[C@H](CC(=O)Nc2ccc(Br)cc2)SC1=Nc1ccc(S(N)(=O)=O)cc1. The Morgan fingerprint density at radius 1 is 1.23 bits per heavy atom. The van der Waals surface area contributed by atoms with Crippen molar-refractivity contribution >= 4 is 66.1 Å². The van der Waals surface area contributed by atoms with Crippen LogP contribution >= 0.6 is 27.7 Å². The van der Waals surface area contributed by atoms with E-state index in [9.17, 15) is 18.0 Å². The molecular formula is C20H19BrN4O4S2. The van der Waals surface area contributed by atoms with Crippen LogP contribution in [0, 0.1) is 0 Å². The summed E-state index contributed by atoms with van der Waals surface area (Å²) < 4.78 is 23.7. The van der Waals surface area contributed by atoms with Gasteiger partial charge in [-0.1, -0.05) is 33.8 Å². The molecule has 0 bridgehead atoms. The van der Waals surface area contributed by atoms with Crippen molar-refractivity contribution in [2.75, 3.05) is 11.9 Å². The van der Waals surface area contributed by atoms with Crippen LogP contribution in [0.1, 0.15) is 6.42 Å². The fraction of sp³-hybridized carbons (Fsp3) is 0.150. The van der Waals surface area contributed by atoms with E-state index in [1.54, 1.807) is 18.2 Å². The van der Waals surface area contributed by atoms with Crippen molar-refractivity contribution in [1.82, 2.24) is 4.90 Å². The predicted molar refractivity (Wildman–Crippen MR) is 126 cm³/mol. The molecule has 1 aliphatic heterocycles. The Balaban J connectivity index is 1.75. The number of halogens is 1. The van der Waals surface area contributed by atoms with Crippen molar-refractivity contribution in [3.05, 3.63) is 65.7 Å². The molecule has 3 N–H and O–H groups in total. The number of amidine groups is 1. The lowest BCUT2D eigenvalue weighted by Crippen LogP contribution is -2.33. The van der Waals surface area contributed by atoms with Gasteiger partial charge in [0, 0.05) is 23.1 Å². The first-order chi connectivity index (χ1) is 14.7. The molecule has 3 rings (SSSR count). The number of sulfonamides is 1. The van der Waals surface area contributed by atoms with Gasteiger partial charge in [0.05, 0.1) is 10.6 Å². The Morgan fingerprint density at radius 3 is 2.45 bits per heavy atom. The van der Waals surface area contributed by atoms with Crippen molar-refractivity contribution < 1.29 is 18.0 Å². The summed E-state index contributed by atoms with van der Waals surface area (Å²) in [6, 6.07) is 12.8. The molecule has 11 heteroatoms. The Hall–Kier alpha value is -2.47. The number of rotatable bonds is 7. The highest BCUT2D eigenvalue weighted by molar-refractivity contribution is 9.10. The van der Waals surface area contributed by atoms with Gasteiger partial charge in [-0.15, -0.1) is 6.58 Å². The second kappa shape index (κ2) is 9.77. The summed E-state index contributed by atoms with van der Waals surface area (Å²) in [5.74, 6) is -0.527. The minimum Gasteiger partial charge on any atom is -0.326 e. The Morgan fingerprint density at radius 2 is 1.87 bits per heavy atom. The Labute approximate surface area is 192 Å². The summed E-state index contributed by atoms with van der Waals surface area (Å²) >= 11 is 4.52. The summed E-state index contributed by atoms with van der Waals surface area (Å²) in [5.41, 5.74) is 1.09. The number of nitrogens with zero attached hydrogens (tertiary/aromatic N) is 2. The number of nitrogens with one attached hydrogen (secondary N) is 1. The number of anilines is 1. The van der Waals surface area contributed by atoms with Gasteiger partial charge < -0.3 is 5.32 Å². The minimum atomic E-state index is -3.80. The van der Waals surface area contributed by atoms with Gasteiger partial charge in [0.2, 0.25) is 21.8 Å². The number of primary sulfonamides is 1. The monoisotopic (exact) mass is 522 g/mol. The molecule has 0 unspecified atom stereocenters. The topological polar surface area (TPSA) is 122 Å². The second-order valence-corrected chi connectivity index (χ2v) is 10.2. The minimum absolute atomic E-state index is 0.0173. The van der Waals surface area contributed by atoms with Gasteiger partial charge in [-0.3, -0.25) is 14.5 Å². The third kappa shape index (κ3) is 6.03. The van der Waals surface area contributed by atoms with Crippen molar-refractivity contribution in [2.45, 2.75) is 16.6 Å². The largest absolute Gasteiger partial charge is 0.326 e. The highest BCUT2D eigenvalue weighted by atomic mass is 79.9. The van der Waals surface area contributed by atoms with Crippen LogP contribution in [0.25, 0.3) is 0 Å². The van der Waals surface area contributed by atoms with Crippen molar-refractivity contribution in [1.29, 1.82) is 0 Å². The third-order valence-corrected chi connectivity index (χ3v) is 6.85. The van der Waals surface area contributed by atoms with Gasteiger partial charge in [-0.05, 0) is 48.5 Å². The van der Waals surface area contributed by atoms with E-state index < -0.39 is 15.3 Å². The molecule has 0 aromatic heterocycles. The molecule has 2 amide bonds. The quantitative estimate of drug-likeness (QED) is 0.540. The first-order valence-electron chi connectivity index (χ1n) is 9.03. The molecule has 2 aromatic rings. The molecule has 0 spiro atoms. The van der Waals surface area contributed by atoms with Gasteiger partial charge in [-0.2, -0.15) is 0 Å². The molecule has 2 aromatic carbocycles. The lowest BCUT2D eigenvalue weighted by atomic mass is 10.2. The van der Waals surface area contributed by atoms with Crippen molar-refractivity contribution in [3.63, 3.8) is 0 Å². The molecule has 31 heavy (non-hydrogen) atoms. The number of hydrogen-bond acceptors (Lipinski definition) is 6. The van der Waals surface area contributed by atoms with Crippen molar-refractivity contribution in [3.8, 4) is 0 Å². The molecule has 1 fully saturated rings. The van der Waals surface area contributed by atoms with Crippen LogP contribution in [-0.2, 0) is 19.6 Å². The summed E-state index contributed by atoms with van der Waals surface area (Å²) in [6.45, 7) is 3.91. The van der Waals surface area contributed by atoms with Gasteiger partial charge in [0.1, 0.15) is 5.25 Å². The Kier molecular flexibility index (Phi) is 7.31. The number of aliphatic imine (C=N–C) groups is 1. The van der Waals surface area contributed by atoms with Crippen LogP contribution in [0.5, 0.6) is 0 Å². The highest BCUT2D eigenvalue weighted by Gasteiger charge is 2.38. The van der Waals surface area contributed by atoms with Crippen LogP contribution in [0.2, 0.25) is 0 Å². The molecule has 0 radical (unpaired) electrons. The molecular weight excluding hydrogens is 504 g/mol. The van der Waals surface area contributed by atoms with Crippen LogP contribution in [0.15, 0.2) is 75.5 Å². The number of carbonyl (C=O) groups excluding carboxylic acids is 2. The van der Waals surface area contributed by atoms with E-state index in [1.165, 1.54) is 40.9 Å². The number of thioether (sulfide) groups is 1. The van der Waals surface area contributed by atoms with Crippen LogP contribution in [0.4, 0.5) is 11.4 Å². The zero-order chi connectivity index (χ0) is 22.6. The number of carbonyl (C=O) groups is 2. The van der Waals surface area contributed by atoms with Crippen molar-refractivity contribution in [2.24, 2.45) is 10.1 Å². The first-order valence-corrected chi connectivity index (χ1v) is 12.2. The fourth-order valence-electron chi connectivity index (χ4n) is 2.76. The van der Waals surface area contributed by atoms with E-state index >= 15 is 0 Å². The first kappa shape index (κ1) is 23.2. The average molecular weight is 523 g/mol. The molecule has 162 valence electrons. The molecule has 1 saturated heterocycles. The predicted octanol–water partition coefficient (Wildman–Crippen LogP) is 3.24. The van der Waals surface area contributed by atoms with Gasteiger partial charge in [-0.25, -0.2) is 18.5 Å².